The Morgan fingerprint density at radius 3 is 1.17 bits per heavy atom. The van der Waals surface area contributed by atoms with Gasteiger partial charge >= 0.3 is 0 Å². The fraction of sp³-hybridized carbons (Fsp3) is 0.571. The summed E-state index contributed by atoms with van der Waals surface area (Å²) in [5.41, 5.74) is 0. The third-order valence-corrected chi connectivity index (χ3v) is 0.498. The highest BCUT2D eigenvalue weighted by atomic mass is 16.4. The van der Waals surface area contributed by atoms with Gasteiger partial charge in [0.2, 0.25) is 0 Å². The Hall–Kier alpha value is -1.23. The van der Waals surface area contributed by atoms with Gasteiger partial charge in [-0.1, -0.05) is 0 Å². The van der Waals surface area contributed by atoms with Crippen molar-refractivity contribution >= 4 is 17.5 Å². The number of hydrogen-bond acceptors (Lipinski definition) is 4. The molecule has 0 rings (SSSR count). The molecule has 0 aliphatic rings. The van der Waals surface area contributed by atoms with Crippen molar-refractivity contribution in [2.45, 2.75) is 27.2 Å². The van der Waals surface area contributed by atoms with Crippen molar-refractivity contribution in [2.75, 3.05) is 0 Å². The van der Waals surface area contributed by atoms with E-state index in [-0.39, 0.29) is 24.1 Å². The Balaban J connectivity index is -0.000000142. The van der Waals surface area contributed by atoms with Crippen molar-refractivity contribution in [1.82, 2.24) is 6.15 Å². The van der Waals surface area contributed by atoms with Crippen LogP contribution < -0.4 is 6.15 Å². The molecule has 0 aromatic rings. The van der Waals surface area contributed by atoms with E-state index < -0.39 is 5.97 Å². The number of carboxylic acids is 1. The molecule has 0 saturated heterocycles. The second kappa shape index (κ2) is 9.77. The van der Waals surface area contributed by atoms with Gasteiger partial charge < -0.3 is 11.3 Å². The maximum absolute atomic E-state index is 10.0. The molecular formula is C7H15NO4. The van der Waals surface area contributed by atoms with Crippen LogP contribution in [0.25, 0.3) is 0 Å². The smallest absolute Gasteiger partial charge is 0.300 e. The van der Waals surface area contributed by atoms with Crippen LogP contribution in [-0.4, -0.2) is 22.6 Å². The summed E-state index contributed by atoms with van der Waals surface area (Å²) in [7, 11) is 0. The van der Waals surface area contributed by atoms with E-state index in [1.165, 1.54) is 13.8 Å². The molecule has 5 nitrogen and oxygen atoms in total. The first-order valence-electron chi connectivity index (χ1n) is 3.04. The van der Waals surface area contributed by atoms with Gasteiger partial charge in [0.1, 0.15) is 11.6 Å². The van der Waals surface area contributed by atoms with Gasteiger partial charge in [0, 0.05) is 6.92 Å². The third-order valence-electron chi connectivity index (χ3n) is 0.498. The van der Waals surface area contributed by atoms with Crippen molar-refractivity contribution in [3.63, 3.8) is 0 Å². The zero-order chi connectivity index (χ0) is 9.44. The van der Waals surface area contributed by atoms with Crippen LogP contribution in [0, 0.1) is 0 Å². The summed E-state index contributed by atoms with van der Waals surface area (Å²) in [4.78, 5) is 29.1. The molecule has 0 amide bonds. The molecule has 0 fully saturated rings. The van der Waals surface area contributed by atoms with Gasteiger partial charge in [0.05, 0.1) is 6.42 Å². The summed E-state index contributed by atoms with van der Waals surface area (Å²) >= 11 is 0. The number of hydrogen-bond donors (Lipinski definition) is 2. The van der Waals surface area contributed by atoms with Crippen LogP contribution in [0.15, 0.2) is 0 Å². The Kier molecular flexibility index (Phi) is 13.9. The van der Waals surface area contributed by atoms with E-state index in [2.05, 4.69) is 0 Å². The molecule has 0 aliphatic heterocycles. The largest absolute Gasteiger partial charge is 0.481 e. The first-order valence-corrected chi connectivity index (χ1v) is 3.04. The number of Topliss-reactive ketones (excluding diaryl/α,β-unsaturated/α-hetero) is 2. The van der Waals surface area contributed by atoms with E-state index in [0.717, 1.165) is 6.92 Å². The molecule has 0 spiro atoms. The van der Waals surface area contributed by atoms with Crippen LogP contribution >= 0.6 is 0 Å². The average molecular weight is 177 g/mol. The molecule has 0 bridgehead atoms. The predicted molar refractivity (Wildman–Crippen MR) is 44.3 cm³/mol. The number of carboxylic acid groups (broad SMARTS) is 1. The molecule has 0 saturated carbocycles. The van der Waals surface area contributed by atoms with Crippen LogP contribution in [0.1, 0.15) is 27.2 Å². The van der Waals surface area contributed by atoms with E-state index in [9.17, 15) is 9.59 Å². The summed E-state index contributed by atoms with van der Waals surface area (Å²) in [5.74, 6) is -0.958. The molecule has 5 heteroatoms. The monoisotopic (exact) mass is 177 g/mol. The molecule has 12 heavy (non-hydrogen) atoms. The molecule has 0 atom stereocenters. The van der Waals surface area contributed by atoms with E-state index >= 15 is 0 Å². The lowest BCUT2D eigenvalue weighted by molar-refractivity contribution is -0.134. The molecule has 4 N–H and O–H groups in total. The van der Waals surface area contributed by atoms with Gasteiger partial charge in [-0.3, -0.25) is 14.4 Å². The highest BCUT2D eigenvalue weighted by molar-refractivity contribution is 5.96. The van der Waals surface area contributed by atoms with Crippen molar-refractivity contribution in [1.29, 1.82) is 0 Å². The summed E-state index contributed by atoms with van der Waals surface area (Å²) in [6.07, 6.45) is 0.0833. The van der Waals surface area contributed by atoms with Crippen molar-refractivity contribution in [3.05, 3.63) is 0 Å². The highest BCUT2D eigenvalue weighted by Gasteiger charge is 1.94. The van der Waals surface area contributed by atoms with Gasteiger partial charge in [0.25, 0.3) is 5.97 Å². The standard InChI is InChI=1S/C5H8O2.C2H4O2.H3N/c1-4(6)3-5(2)7;1-2(3)4;/h3H2,1-2H3;1H3,(H,3,4);1H3. The fourth-order valence-electron chi connectivity index (χ4n) is 0.351. The van der Waals surface area contributed by atoms with Gasteiger partial charge in [-0.25, -0.2) is 0 Å². The molecule has 0 unspecified atom stereocenters. The van der Waals surface area contributed by atoms with E-state index in [4.69, 9.17) is 9.90 Å². The van der Waals surface area contributed by atoms with Crippen molar-refractivity contribution in [3.8, 4) is 0 Å². The normalized spacial score (nSPS) is 6.92. The van der Waals surface area contributed by atoms with Crippen LogP contribution in [0.3, 0.4) is 0 Å². The number of ketones is 2. The maximum Gasteiger partial charge on any atom is 0.300 e. The van der Waals surface area contributed by atoms with E-state index in [1.54, 1.807) is 0 Å². The average Bonchev–Trinajstić information content (AvgIpc) is 1.56. The van der Waals surface area contributed by atoms with E-state index in [1.807, 2.05) is 0 Å². The zero-order valence-electron chi connectivity index (χ0n) is 7.59. The van der Waals surface area contributed by atoms with Crippen molar-refractivity contribution in [2.24, 2.45) is 0 Å². The van der Waals surface area contributed by atoms with E-state index in [0.29, 0.717) is 0 Å². The minimum absolute atomic E-state index is 0. The summed E-state index contributed by atoms with van der Waals surface area (Å²) in [5, 5.41) is 7.42. The lowest BCUT2D eigenvalue weighted by Crippen LogP contribution is -1.97. The number of carbonyl (C=O) groups excluding carboxylic acids is 2. The van der Waals surface area contributed by atoms with Crippen LogP contribution in [0.2, 0.25) is 0 Å². The van der Waals surface area contributed by atoms with Crippen LogP contribution in [-0.2, 0) is 14.4 Å². The quantitative estimate of drug-likeness (QED) is 0.607. The highest BCUT2D eigenvalue weighted by Crippen LogP contribution is 1.80. The SMILES string of the molecule is CC(=O)CC(C)=O.CC(=O)O.N. The predicted octanol–water partition coefficient (Wildman–Crippen LogP) is 0.807. The Morgan fingerprint density at radius 1 is 1.00 bits per heavy atom. The van der Waals surface area contributed by atoms with Gasteiger partial charge in [0.15, 0.2) is 0 Å². The van der Waals surface area contributed by atoms with Crippen LogP contribution in [0.5, 0.6) is 0 Å². The molecule has 0 heterocycles. The number of carbonyl (C=O) groups is 3. The second-order valence-electron chi connectivity index (χ2n) is 2.10. The van der Waals surface area contributed by atoms with Crippen LogP contribution in [0.4, 0.5) is 0 Å². The maximum atomic E-state index is 10.0. The summed E-state index contributed by atoms with van der Waals surface area (Å²) < 4.78 is 0. The second-order valence-corrected chi connectivity index (χ2v) is 2.10. The third kappa shape index (κ3) is 69.0. The minimum Gasteiger partial charge on any atom is -0.481 e. The van der Waals surface area contributed by atoms with Gasteiger partial charge in [-0.2, -0.15) is 0 Å². The lowest BCUT2D eigenvalue weighted by Gasteiger charge is -1.81. The summed E-state index contributed by atoms with van der Waals surface area (Å²) in [6.45, 7) is 3.89. The Labute approximate surface area is 71.3 Å². The van der Waals surface area contributed by atoms with Gasteiger partial charge in [-0.15, -0.1) is 0 Å². The first-order chi connectivity index (χ1) is 4.86. The Bertz CT molecular complexity index is 149. The zero-order valence-corrected chi connectivity index (χ0v) is 7.59. The molecule has 0 aromatic heterocycles. The lowest BCUT2D eigenvalue weighted by atomic mass is 10.2. The molecule has 0 radical (unpaired) electrons. The van der Waals surface area contributed by atoms with Crippen molar-refractivity contribution < 1.29 is 19.5 Å². The topological polar surface area (TPSA) is 106 Å². The fourth-order valence-corrected chi connectivity index (χ4v) is 0.351. The minimum atomic E-state index is -0.833. The molecule has 0 aromatic carbocycles. The number of aliphatic carboxylic acids is 1. The summed E-state index contributed by atoms with van der Waals surface area (Å²) in [6, 6.07) is 0. The first kappa shape index (κ1) is 17.0. The molecule has 0 aliphatic carbocycles. The Morgan fingerprint density at radius 2 is 1.17 bits per heavy atom. The molecule has 72 valence electrons. The number of rotatable bonds is 2. The van der Waals surface area contributed by atoms with Gasteiger partial charge in [-0.05, 0) is 13.8 Å². The molecular weight excluding hydrogens is 162 g/mol.